The zero-order valence-corrected chi connectivity index (χ0v) is 9.86. The van der Waals surface area contributed by atoms with Crippen molar-refractivity contribution >= 4 is 11.3 Å². The Morgan fingerprint density at radius 3 is 3.07 bits per heavy atom. The van der Waals surface area contributed by atoms with Crippen LogP contribution in [0.15, 0.2) is 5.38 Å². The third-order valence-corrected chi connectivity index (χ3v) is 2.82. The van der Waals surface area contributed by atoms with E-state index in [0.29, 0.717) is 12.6 Å². The maximum Gasteiger partial charge on any atom is 0.119 e. The minimum Gasteiger partial charge on any atom is -0.378 e. The highest BCUT2D eigenvalue weighted by molar-refractivity contribution is 7.09. The summed E-state index contributed by atoms with van der Waals surface area (Å²) in [6.45, 7) is 5.96. The molecule has 0 aromatic carbocycles. The number of ether oxygens (including phenoxy) is 1. The lowest BCUT2D eigenvalue weighted by Crippen LogP contribution is -2.19. The average Bonchev–Trinajstić information content (AvgIpc) is 2.63. The van der Waals surface area contributed by atoms with E-state index < -0.39 is 0 Å². The van der Waals surface area contributed by atoms with Crippen LogP contribution < -0.4 is 5.32 Å². The lowest BCUT2D eigenvalue weighted by Gasteiger charge is -2.09. The summed E-state index contributed by atoms with van der Waals surface area (Å²) in [5, 5.41) is 6.55. The Kier molecular flexibility index (Phi) is 5.07. The second-order valence-corrected chi connectivity index (χ2v) is 4.22. The molecule has 0 aliphatic carbocycles. The Labute approximate surface area is 89.5 Å². The zero-order chi connectivity index (χ0) is 10.4. The molecule has 0 aliphatic rings. The number of nitrogens with one attached hydrogen (secondary N) is 1. The molecule has 80 valence electrons. The minimum atomic E-state index is 0.344. The average molecular weight is 214 g/mol. The fraction of sp³-hybridized carbons (Fsp3) is 0.700. The Hall–Kier alpha value is -0.450. The van der Waals surface area contributed by atoms with Gasteiger partial charge in [0.05, 0.1) is 12.3 Å². The summed E-state index contributed by atoms with van der Waals surface area (Å²) in [7, 11) is 1.69. The highest BCUT2D eigenvalue weighted by Gasteiger charge is 2.08. The van der Waals surface area contributed by atoms with Crippen LogP contribution in [0.25, 0.3) is 0 Å². The van der Waals surface area contributed by atoms with Gasteiger partial charge in [-0.1, -0.05) is 6.92 Å². The Balaban J connectivity index is 2.48. The van der Waals surface area contributed by atoms with E-state index >= 15 is 0 Å². The molecule has 14 heavy (non-hydrogen) atoms. The minimum absolute atomic E-state index is 0.344. The molecule has 1 aromatic heterocycles. The van der Waals surface area contributed by atoms with Crippen LogP contribution in [0.1, 0.15) is 37.0 Å². The topological polar surface area (TPSA) is 34.1 Å². The highest BCUT2D eigenvalue weighted by atomic mass is 32.1. The summed E-state index contributed by atoms with van der Waals surface area (Å²) in [5.41, 5.74) is 1.12. The Bertz CT molecular complexity index is 262. The quantitative estimate of drug-likeness (QED) is 0.789. The van der Waals surface area contributed by atoms with E-state index in [1.165, 1.54) is 0 Å². The van der Waals surface area contributed by atoms with Crippen molar-refractivity contribution in [3.8, 4) is 0 Å². The largest absolute Gasteiger partial charge is 0.378 e. The number of rotatable bonds is 6. The molecule has 3 nitrogen and oxygen atoms in total. The van der Waals surface area contributed by atoms with Crippen LogP contribution in [-0.4, -0.2) is 18.6 Å². The monoisotopic (exact) mass is 214 g/mol. The van der Waals surface area contributed by atoms with Gasteiger partial charge >= 0.3 is 0 Å². The summed E-state index contributed by atoms with van der Waals surface area (Å²) >= 11 is 1.66. The van der Waals surface area contributed by atoms with Crippen molar-refractivity contribution in [2.45, 2.75) is 32.9 Å². The molecule has 0 fully saturated rings. The van der Waals surface area contributed by atoms with Crippen LogP contribution in [0.4, 0.5) is 0 Å². The number of aromatic nitrogens is 1. The molecule has 1 atom stereocenters. The van der Waals surface area contributed by atoms with Crippen LogP contribution in [0, 0.1) is 0 Å². The molecule has 0 bridgehead atoms. The summed E-state index contributed by atoms with van der Waals surface area (Å²) in [6.07, 6.45) is 1.15. The normalized spacial score (nSPS) is 13.1. The highest BCUT2D eigenvalue weighted by Crippen LogP contribution is 2.16. The standard InChI is InChI=1S/C10H18N2OS/c1-4-5-11-8(2)9-7-14-10(12-9)6-13-3/h7-8,11H,4-6H2,1-3H3. The molecule has 1 rings (SSSR count). The second kappa shape index (κ2) is 6.11. The molecule has 1 heterocycles. The van der Waals surface area contributed by atoms with Crippen molar-refractivity contribution in [1.82, 2.24) is 10.3 Å². The summed E-state index contributed by atoms with van der Waals surface area (Å²) in [5.74, 6) is 0. The third-order valence-electron chi connectivity index (χ3n) is 1.98. The van der Waals surface area contributed by atoms with E-state index in [-0.39, 0.29) is 0 Å². The third kappa shape index (κ3) is 3.36. The van der Waals surface area contributed by atoms with Gasteiger partial charge in [-0.15, -0.1) is 11.3 Å². The first-order chi connectivity index (χ1) is 6.77. The van der Waals surface area contributed by atoms with Crippen molar-refractivity contribution in [2.24, 2.45) is 0 Å². The van der Waals surface area contributed by atoms with Crippen LogP contribution in [-0.2, 0) is 11.3 Å². The number of thiazole rings is 1. The maximum atomic E-state index is 5.03. The first kappa shape index (κ1) is 11.6. The lowest BCUT2D eigenvalue weighted by atomic mass is 10.2. The number of nitrogens with zero attached hydrogens (tertiary/aromatic N) is 1. The van der Waals surface area contributed by atoms with E-state index in [0.717, 1.165) is 23.7 Å². The molecule has 0 spiro atoms. The van der Waals surface area contributed by atoms with Crippen LogP contribution in [0.3, 0.4) is 0 Å². The van der Waals surface area contributed by atoms with Gasteiger partial charge in [0.15, 0.2) is 0 Å². The van der Waals surface area contributed by atoms with E-state index in [1.54, 1.807) is 18.4 Å². The van der Waals surface area contributed by atoms with Gasteiger partial charge in [-0.3, -0.25) is 0 Å². The summed E-state index contributed by atoms with van der Waals surface area (Å²) in [6, 6.07) is 0.344. The van der Waals surface area contributed by atoms with Gasteiger partial charge < -0.3 is 10.1 Å². The molecule has 1 unspecified atom stereocenters. The molecule has 0 aliphatic heterocycles. The van der Waals surface area contributed by atoms with E-state index in [2.05, 4.69) is 29.5 Å². The molecule has 0 amide bonds. The first-order valence-corrected chi connectivity index (χ1v) is 5.82. The van der Waals surface area contributed by atoms with Gasteiger partial charge in [-0.25, -0.2) is 4.98 Å². The molecular formula is C10H18N2OS. The Morgan fingerprint density at radius 2 is 2.43 bits per heavy atom. The van der Waals surface area contributed by atoms with Gasteiger partial charge in [-0.2, -0.15) is 0 Å². The first-order valence-electron chi connectivity index (χ1n) is 4.94. The fourth-order valence-electron chi connectivity index (χ4n) is 1.18. The predicted molar refractivity (Wildman–Crippen MR) is 59.5 cm³/mol. The molecule has 4 heteroatoms. The van der Waals surface area contributed by atoms with Gasteiger partial charge in [0.2, 0.25) is 0 Å². The van der Waals surface area contributed by atoms with Crippen LogP contribution in [0.5, 0.6) is 0 Å². The molecule has 1 N–H and O–H groups in total. The SMILES string of the molecule is CCCNC(C)c1csc(COC)n1. The van der Waals surface area contributed by atoms with Gasteiger partial charge in [0, 0.05) is 18.5 Å². The van der Waals surface area contributed by atoms with Crippen molar-refractivity contribution in [2.75, 3.05) is 13.7 Å². The van der Waals surface area contributed by atoms with Crippen LogP contribution >= 0.6 is 11.3 Å². The molecule has 0 radical (unpaired) electrons. The van der Waals surface area contributed by atoms with Crippen molar-refractivity contribution < 1.29 is 4.74 Å². The van der Waals surface area contributed by atoms with E-state index in [4.69, 9.17) is 4.74 Å². The van der Waals surface area contributed by atoms with E-state index in [9.17, 15) is 0 Å². The molecular weight excluding hydrogens is 196 g/mol. The molecule has 0 saturated heterocycles. The summed E-state index contributed by atoms with van der Waals surface area (Å²) in [4.78, 5) is 4.48. The summed E-state index contributed by atoms with van der Waals surface area (Å²) < 4.78 is 5.03. The van der Waals surface area contributed by atoms with Crippen molar-refractivity contribution in [3.63, 3.8) is 0 Å². The van der Waals surface area contributed by atoms with Crippen molar-refractivity contribution in [3.05, 3.63) is 16.1 Å². The van der Waals surface area contributed by atoms with E-state index in [1.807, 2.05) is 0 Å². The van der Waals surface area contributed by atoms with Gasteiger partial charge in [0.1, 0.15) is 5.01 Å². The molecule has 1 aromatic rings. The lowest BCUT2D eigenvalue weighted by molar-refractivity contribution is 0.184. The Morgan fingerprint density at radius 1 is 1.64 bits per heavy atom. The predicted octanol–water partition coefficient (Wildman–Crippen LogP) is 2.35. The zero-order valence-electron chi connectivity index (χ0n) is 9.04. The van der Waals surface area contributed by atoms with Crippen LogP contribution in [0.2, 0.25) is 0 Å². The second-order valence-electron chi connectivity index (χ2n) is 3.27. The number of hydrogen-bond acceptors (Lipinski definition) is 4. The number of methoxy groups -OCH3 is 1. The van der Waals surface area contributed by atoms with Crippen molar-refractivity contribution in [1.29, 1.82) is 0 Å². The van der Waals surface area contributed by atoms with Gasteiger partial charge in [0.25, 0.3) is 0 Å². The molecule has 0 saturated carbocycles. The number of hydrogen-bond donors (Lipinski definition) is 1. The smallest absolute Gasteiger partial charge is 0.119 e. The maximum absolute atomic E-state index is 5.03. The van der Waals surface area contributed by atoms with Gasteiger partial charge in [-0.05, 0) is 19.9 Å². The fourth-order valence-corrected chi connectivity index (χ4v) is 2.04.